The number of para-hydroxylation sites is 1. The molecule has 0 bridgehead atoms. The number of anilines is 1. The van der Waals surface area contributed by atoms with Crippen LogP contribution in [0, 0.1) is 0 Å². The van der Waals surface area contributed by atoms with E-state index in [0.717, 1.165) is 70.8 Å². The summed E-state index contributed by atoms with van der Waals surface area (Å²) in [6.45, 7) is 9.25. The molecule has 0 unspecified atom stereocenters. The number of carbonyl (C=O) groups is 2. The Kier molecular flexibility index (Phi) is 6.50. The zero-order valence-electron chi connectivity index (χ0n) is 17.8. The molecule has 1 aromatic carbocycles. The predicted octanol–water partition coefficient (Wildman–Crippen LogP) is -0.850. The Hall–Kier alpha value is -1.92. The molecule has 29 heavy (non-hydrogen) atoms. The molecule has 4 rings (SSSR count). The van der Waals surface area contributed by atoms with Crippen molar-refractivity contribution >= 4 is 17.5 Å². The molecule has 2 saturated heterocycles. The van der Waals surface area contributed by atoms with Gasteiger partial charge in [-0.15, -0.1) is 0 Å². The molecule has 0 saturated carbocycles. The van der Waals surface area contributed by atoms with Gasteiger partial charge in [0, 0.05) is 25.3 Å². The van der Waals surface area contributed by atoms with Crippen LogP contribution in [-0.4, -0.2) is 75.1 Å². The fraction of sp³-hybridized carbons (Fsp3) is 0.652. The zero-order chi connectivity index (χ0) is 20.2. The normalized spacial score (nSPS) is 26.0. The van der Waals surface area contributed by atoms with Crippen molar-refractivity contribution in [2.75, 3.05) is 57.3 Å². The molecule has 3 heterocycles. The van der Waals surface area contributed by atoms with E-state index in [4.69, 9.17) is 0 Å². The molecule has 3 aliphatic heterocycles. The molecule has 158 valence electrons. The lowest BCUT2D eigenvalue weighted by molar-refractivity contribution is -1.01. The highest BCUT2D eigenvalue weighted by Gasteiger charge is 2.36. The summed E-state index contributed by atoms with van der Waals surface area (Å²) < 4.78 is 0. The summed E-state index contributed by atoms with van der Waals surface area (Å²) in [4.78, 5) is 32.6. The van der Waals surface area contributed by atoms with Crippen molar-refractivity contribution in [2.24, 2.45) is 0 Å². The van der Waals surface area contributed by atoms with Gasteiger partial charge in [0.2, 0.25) is 0 Å². The van der Waals surface area contributed by atoms with Gasteiger partial charge in [-0.3, -0.25) is 9.59 Å². The van der Waals surface area contributed by atoms with Crippen LogP contribution in [0.5, 0.6) is 0 Å². The Balaban J connectivity index is 1.27. The molecular weight excluding hydrogens is 364 g/mol. The Bertz CT molecular complexity index is 721. The van der Waals surface area contributed by atoms with E-state index in [1.807, 2.05) is 11.0 Å². The van der Waals surface area contributed by atoms with Crippen LogP contribution in [0.1, 0.15) is 38.2 Å². The van der Waals surface area contributed by atoms with Gasteiger partial charge < -0.3 is 19.6 Å². The number of nitrogens with one attached hydrogen (secondary N) is 2. The van der Waals surface area contributed by atoms with Crippen molar-refractivity contribution in [1.29, 1.82) is 0 Å². The number of fused-ring (bicyclic) bond motifs is 1. The van der Waals surface area contributed by atoms with Crippen LogP contribution in [0.3, 0.4) is 0 Å². The van der Waals surface area contributed by atoms with Gasteiger partial charge in [0.1, 0.15) is 26.2 Å². The SMILES string of the molecule is C[C@@H](C(=O)N1CCc2ccccc21)[NH+]1CC[NH+](CC(=O)N2CCCCCC2)CC1. The summed E-state index contributed by atoms with van der Waals surface area (Å²) in [5.41, 5.74) is 2.38. The van der Waals surface area contributed by atoms with Crippen molar-refractivity contribution in [2.45, 2.75) is 45.1 Å². The van der Waals surface area contributed by atoms with Crippen LogP contribution < -0.4 is 14.7 Å². The Labute approximate surface area is 174 Å². The van der Waals surface area contributed by atoms with Crippen LogP contribution in [0.25, 0.3) is 0 Å². The lowest BCUT2D eigenvalue weighted by Gasteiger charge is -2.34. The topological polar surface area (TPSA) is 49.5 Å². The van der Waals surface area contributed by atoms with E-state index in [1.54, 1.807) is 0 Å². The number of likely N-dealkylation sites (tertiary alicyclic amines) is 1. The van der Waals surface area contributed by atoms with Gasteiger partial charge in [-0.1, -0.05) is 31.0 Å². The number of hydrogen-bond acceptors (Lipinski definition) is 2. The number of nitrogens with zero attached hydrogens (tertiary/aromatic N) is 2. The predicted molar refractivity (Wildman–Crippen MR) is 113 cm³/mol. The maximum absolute atomic E-state index is 13.1. The number of amides is 2. The van der Waals surface area contributed by atoms with Gasteiger partial charge in [0.05, 0.1) is 0 Å². The molecular formula is C23H36N4O2+2. The smallest absolute Gasteiger partial charge is 0.284 e. The van der Waals surface area contributed by atoms with Crippen LogP contribution in [0.4, 0.5) is 5.69 Å². The fourth-order valence-corrected chi connectivity index (χ4v) is 5.16. The Morgan fingerprint density at radius 1 is 0.966 bits per heavy atom. The maximum Gasteiger partial charge on any atom is 0.284 e. The summed E-state index contributed by atoms with van der Waals surface area (Å²) in [5.74, 6) is 0.567. The number of rotatable bonds is 4. The van der Waals surface area contributed by atoms with Gasteiger partial charge in [-0.05, 0) is 37.8 Å². The third-order valence-electron chi connectivity index (χ3n) is 7.10. The average molecular weight is 401 g/mol. The summed E-state index contributed by atoms with van der Waals surface area (Å²) in [5, 5.41) is 0. The lowest BCUT2D eigenvalue weighted by atomic mass is 10.1. The van der Waals surface area contributed by atoms with Crippen molar-refractivity contribution < 1.29 is 19.4 Å². The second kappa shape index (κ2) is 9.26. The van der Waals surface area contributed by atoms with Crippen LogP contribution in [0.2, 0.25) is 0 Å². The number of quaternary nitrogens is 2. The Morgan fingerprint density at radius 3 is 2.38 bits per heavy atom. The zero-order valence-corrected chi connectivity index (χ0v) is 17.8. The highest BCUT2D eigenvalue weighted by molar-refractivity contribution is 5.97. The average Bonchev–Trinajstić information content (AvgIpc) is 2.98. The number of benzene rings is 1. The molecule has 1 aromatic rings. The summed E-state index contributed by atoms with van der Waals surface area (Å²) >= 11 is 0. The second-order valence-corrected chi connectivity index (χ2v) is 8.97. The van der Waals surface area contributed by atoms with E-state index in [-0.39, 0.29) is 11.9 Å². The highest BCUT2D eigenvalue weighted by Crippen LogP contribution is 2.27. The third-order valence-corrected chi connectivity index (χ3v) is 7.10. The van der Waals surface area contributed by atoms with E-state index in [0.29, 0.717) is 12.5 Å². The largest absolute Gasteiger partial charge is 0.338 e. The minimum absolute atomic E-state index is 0.0241. The van der Waals surface area contributed by atoms with E-state index in [9.17, 15) is 9.59 Å². The van der Waals surface area contributed by atoms with Gasteiger partial charge in [-0.2, -0.15) is 0 Å². The molecule has 1 atom stereocenters. The quantitative estimate of drug-likeness (QED) is 0.692. The van der Waals surface area contributed by atoms with Gasteiger partial charge >= 0.3 is 0 Å². The number of piperazine rings is 1. The molecule has 6 heteroatoms. The molecule has 6 nitrogen and oxygen atoms in total. The first-order valence-corrected chi connectivity index (χ1v) is 11.5. The summed E-state index contributed by atoms with van der Waals surface area (Å²) in [7, 11) is 0. The van der Waals surface area contributed by atoms with Gasteiger partial charge in [0.25, 0.3) is 11.8 Å². The standard InChI is InChI=1S/C23H34N4O2/c1-19(23(29)27-13-10-20-8-4-5-9-21(20)27)25-16-14-24(15-17-25)18-22(28)26-11-6-2-3-7-12-26/h4-5,8-9,19H,2-3,6-7,10-18H2,1H3/p+2/t19-/m0/s1. The monoisotopic (exact) mass is 400 g/mol. The first-order chi connectivity index (χ1) is 14.1. The highest BCUT2D eigenvalue weighted by atomic mass is 16.2. The third kappa shape index (κ3) is 4.64. The molecule has 0 aliphatic carbocycles. The van der Waals surface area contributed by atoms with Crippen LogP contribution in [-0.2, 0) is 16.0 Å². The van der Waals surface area contributed by atoms with E-state index in [2.05, 4.69) is 30.0 Å². The molecule has 2 fully saturated rings. The number of hydrogen-bond donors (Lipinski definition) is 2. The minimum atomic E-state index is -0.0241. The maximum atomic E-state index is 13.1. The summed E-state index contributed by atoms with van der Waals surface area (Å²) in [6.07, 6.45) is 5.77. The first kappa shape index (κ1) is 20.4. The van der Waals surface area contributed by atoms with Gasteiger partial charge in [0.15, 0.2) is 12.6 Å². The first-order valence-electron chi connectivity index (χ1n) is 11.5. The van der Waals surface area contributed by atoms with Crippen LogP contribution in [0.15, 0.2) is 24.3 Å². The van der Waals surface area contributed by atoms with Crippen LogP contribution >= 0.6 is 0 Å². The van der Waals surface area contributed by atoms with Crippen molar-refractivity contribution in [1.82, 2.24) is 4.90 Å². The lowest BCUT2D eigenvalue weighted by Crippen LogP contribution is -3.30. The van der Waals surface area contributed by atoms with E-state index >= 15 is 0 Å². The number of carbonyl (C=O) groups excluding carboxylic acids is 2. The van der Waals surface area contributed by atoms with Crippen molar-refractivity contribution in [3.63, 3.8) is 0 Å². The van der Waals surface area contributed by atoms with E-state index < -0.39 is 0 Å². The van der Waals surface area contributed by atoms with E-state index in [1.165, 1.54) is 28.2 Å². The van der Waals surface area contributed by atoms with Crippen molar-refractivity contribution in [3.8, 4) is 0 Å². The molecule has 0 aromatic heterocycles. The summed E-state index contributed by atoms with van der Waals surface area (Å²) in [6, 6.07) is 8.24. The van der Waals surface area contributed by atoms with Gasteiger partial charge in [-0.25, -0.2) is 0 Å². The Morgan fingerprint density at radius 2 is 1.66 bits per heavy atom. The van der Waals surface area contributed by atoms with Crippen molar-refractivity contribution in [3.05, 3.63) is 29.8 Å². The molecule has 0 spiro atoms. The fourth-order valence-electron chi connectivity index (χ4n) is 5.16. The minimum Gasteiger partial charge on any atom is -0.338 e. The molecule has 2 N–H and O–H groups in total. The molecule has 2 amide bonds. The molecule has 3 aliphatic rings. The molecule has 0 radical (unpaired) electrons. The second-order valence-electron chi connectivity index (χ2n) is 8.97.